The predicted molar refractivity (Wildman–Crippen MR) is 93.9 cm³/mol. The summed E-state index contributed by atoms with van der Waals surface area (Å²) in [4.78, 5) is 15.8. The number of rotatable bonds is 3. The number of halogens is 2. The Labute approximate surface area is 149 Å². The second-order valence-electron chi connectivity index (χ2n) is 4.77. The summed E-state index contributed by atoms with van der Waals surface area (Å²) in [7, 11) is 0. The Hall–Kier alpha value is -1.93. The fourth-order valence-corrected chi connectivity index (χ4v) is 2.74. The lowest BCUT2D eigenvalue weighted by molar-refractivity contribution is 0.0954. The van der Waals surface area contributed by atoms with Crippen molar-refractivity contribution >= 4 is 44.0 Å². The molecular weight excluding hydrogens is 430 g/mol. The molecule has 8 heteroatoms. The van der Waals surface area contributed by atoms with Crippen molar-refractivity contribution in [3.8, 4) is 11.5 Å². The third-order valence-corrected chi connectivity index (χ3v) is 4.64. The Bertz CT molecular complexity index is 778. The first kappa shape index (κ1) is 17.4. The molecule has 1 amide bonds. The van der Waals surface area contributed by atoms with Crippen molar-refractivity contribution in [3.63, 3.8) is 0 Å². The zero-order valence-electron chi connectivity index (χ0n) is 12.3. The van der Waals surface area contributed by atoms with Crippen LogP contribution in [-0.4, -0.2) is 27.3 Å². The topological polar surface area (TPSA) is 94.8 Å². The number of carbonyl (C=O) groups excluding carboxylic acids is 1. The molecule has 2 rings (SSSR count). The smallest absolute Gasteiger partial charge is 0.272 e. The van der Waals surface area contributed by atoms with Crippen LogP contribution in [0.25, 0.3) is 0 Å². The molecule has 0 radical (unpaired) electrons. The summed E-state index contributed by atoms with van der Waals surface area (Å²) in [5.74, 6) is -0.548. The van der Waals surface area contributed by atoms with E-state index in [1.165, 1.54) is 12.4 Å². The van der Waals surface area contributed by atoms with Crippen LogP contribution in [0.4, 0.5) is 0 Å². The number of benzene rings is 1. The molecule has 0 aliphatic heterocycles. The van der Waals surface area contributed by atoms with Gasteiger partial charge in [-0.15, -0.1) is 0 Å². The molecule has 6 nitrogen and oxygen atoms in total. The van der Waals surface area contributed by atoms with E-state index in [2.05, 4.69) is 47.4 Å². The first-order chi connectivity index (χ1) is 10.8. The highest BCUT2D eigenvalue weighted by molar-refractivity contribution is 9.10. The van der Waals surface area contributed by atoms with Crippen molar-refractivity contribution in [2.24, 2.45) is 5.10 Å². The molecule has 0 spiro atoms. The molecule has 0 saturated heterocycles. The molecule has 1 aromatic heterocycles. The Morgan fingerprint density at radius 3 is 2.57 bits per heavy atom. The van der Waals surface area contributed by atoms with Gasteiger partial charge in [-0.05, 0) is 57.3 Å². The van der Waals surface area contributed by atoms with Gasteiger partial charge in [-0.25, -0.2) is 5.43 Å². The average molecular weight is 443 g/mol. The van der Waals surface area contributed by atoms with E-state index in [4.69, 9.17) is 0 Å². The van der Waals surface area contributed by atoms with Crippen molar-refractivity contribution in [3.05, 3.63) is 49.7 Å². The summed E-state index contributed by atoms with van der Waals surface area (Å²) < 4.78 is 1.15. The second kappa shape index (κ2) is 7.10. The molecular formula is C15H13Br2N3O3. The second-order valence-corrected chi connectivity index (χ2v) is 6.47. The lowest BCUT2D eigenvalue weighted by Gasteiger charge is -2.11. The largest absolute Gasteiger partial charge is 0.507 e. The maximum atomic E-state index is 11.9. The van der Waals surface area contributed by atoms with Crippen LogP contribution in [0.15, 0.2) is 32.5 Å². The third kappa shape index (κ3) is 3.70. The van der Waals surface area contributed by atoms with Crippen molar-refractivity contribution < 1.29 is 15.0 Å². The van der Waals surface area contributed by atoms with Gasteiger partial charge in [0.1, 0.15) is 11.5 Å². The highest BCUT2D eigenvalue weighted by Gasteiger charge is 2.16. The minimum atomic E-state index is -0.429. The zero-order valence-corrected chi connectivity index (χ0v) is 15.4. The molecule has 0 bridgehead atoms. The molecule has 23 heavy (non-hydrogen) atoms. The van der Waals surface area contributed by atoms with E-state index in [1.54, 1.807) is 26.1 Å². The van der Waals surface area contributed by atoms with E-state index < -0.39 is 5.91 Å². The zero-order chi connectivity index (χ0) is 17.1. The van der Waals surface area contributed by atoms with Gasteiger partial charge in [0.2, 0.25) is 0 Å². The maximum Gasteiger partial charge on any atom is 0.272 e. The van der Waals surface area contributed by atoms with Crippen molar-refractivity contribution in [2.75, 3.05) is 0 Å². The molecule has 0 fully saturated rings. The van der Waals surface area contributed by atoms with Crippen molar-refractivity contribution in [1.29, 1.82) is 0 Å². The predicted octanol–water partition coefficient (Wildman–Crippen LogP) is 3.40. The average Bonchev–Trinajstić information content (AvgIpc) is 2.54. The fraction of sp³-hybridized carbons (Fsp3) is 0.133. The van der Waals surface area contributed by atoms with E-state index >= 15 is 0 Å². The van der Waals surface area contributed by atoms with Gasteiger partial charge in [0.15, 0.2) is 0 Å². The van der Waals surface area contributed by atoms with Crippen molar-refractivity contribution in [1.82, 2.24) is 10.4 Å². The number of nitrogens with zero attached hydrogens (tertiary/aromatic N) is 2. The summed E-state index contributed by atoms with van der Waals surface area (Å²) in [6, 6.07) is 1.61. The van der Waals surface area contributed by atoms with Crippen LogP contribution in [-0.2, 0) is 0 Å². The Morgan fingerprint density at radius 2 is 1.91 bits per heavy atom. The molecule has 0 atom stereocenters. The summed E-state index contributed by atoms with van der Waals surface area (Å²) in [5.41, 5.74) is 4.04. The van der Waals surface area contributed by atoms with Crippen LogP contribution in [0.3, 0.4) is 0 Å². The Morgan fingerprint density at radius 1 is 1.22 bits per heavy atom. The van der Waals surface area contributed by atoms with Gasteiger partial charge >= 0.3 is 0 Å². The number of phenols is 2. The van der Waals surface area contributed by atoms with Crippen LogP contribution >= 0.6 is 31.9 Å². The molecule has 1 heterocycles. The highest BCUT2D eigenvalue weighted by Crippen LogP contribution is 2.39. The minimum absolute atomic E-state index is 0.0265. The molecule has 3 N–H and O–H groups in total. The van der Waals surface area contributed by atoms with Crippen molar-refractivity contribution in [2.45, 2.75) is 13.8 Å². The summed E-state index contributed by atoms with van der Waals surface area (Å²) in [6.45, 7) is 3.29. The maximum absolute atomic E-state index is 11.9. The van der Waals surface area contributed by atoms with E-state index in [0.29, 0.717) is 31.2 Å². The molecule has 120 valence electrons. The number of amides is 1. The standard InChI is InChI=1S/C15H13Br2N3O3/c1-7-11(13(21)8(2)14(22)12(7)17)6-19-20-15(23)9-3-10(16)5-18-4-9/h3-6,21-22H,1-2H3,(H,20,23)/b19-6+. The number of phenolic OH excluding ortho intramolecular Hbond substituents is 2. The van der Waals surface area contributed by atoms with Gasteiger partial charge in [0.25, 0.3) is 5.91 Å². The van der Waals surface area contributed by atoms with Gasteiger partial charge in [-0.3, -0.25) is 9.78 Å². The lowest BCUT2D eigenvalue weighted by Crippen LogP contribution is -2.17. The van der Waals surface area contributed by atoms with Gasteiger partial charge in [0, 0.05) is 28.0 Å². The normalized spacial score (nSPS) is 11.0. The van der Waals surface area contributed by atoms with Gasteiger partial charge in [-0.1, -0.05) is 0 Å². The number of aromatic hydroxyl groups is 2. The highest BCUT2D eigenvalue weighted by atomic mass is 79.9. The van der Waals surface area contributed by atoms with E-state index in [1.807, 2.05) is 0 Å². The molecule has 0 aliphatic carbocycles. The molecule has 0 saturated carbocycles. The SMILES string of the molecule is Cc1c(O)c(Br)c(C)c(/C=N/NC(=O)c2cncc(Br)c2)c1O. The number of hydrazone groups is 1. The number of carbonyl (C=O) groups is 1. The van der Waals surface area contributed by atoms with Crippen LogP contribution in [0.5, 0.6) is 11.5 Å². The fourth-order valence-electron chi connectivity index (χ4n) is 1.87. The van der Waals surface area contributed by atoms with E-state index in [-0.39, 0.29) is 11.5 Å². The van der Waals surface area contributed by atoms with E-state index in [9.17, 15) is 15.0 Å². The number of nitrogens with one attached hydrogen (secondary N) is 1. The van der Waals surface area contributed by atoms with E-state index in [0.717, 1.165) is 0 Å². The Balaban J connectivity index is 2.23. The third-order valence-electron chi connectivity index (χ3n) is 3.23. The molecule has 0 unspecified atom stereocenters. The molecule has 2 aromatic rings. The monoisotopic (exact) mass is 441 g/mol. The van der Waals surface area contributed by atoms with Gasteiger partial charge in [-0.2, -0.15) is 5.10 Å². The summed E-state index contributed by atoms with van der Waals surface area (Å²) in [5, 5.41) is 23.8. The number of hydrogen-bond donors (Lipinski definition) is 3. The first-order valence-electron chi connectivity index (χ1n) is 6.47. The summed E-state index contributed by atoms with van der Waals surface area (Å²) in [6.07, 6.45) is 4.31. The van der Waals surface area contributed by atoms with Crippen LogP contribution in [0.1, 0.15) is 27.0 Å². The minimum Gasteiger partial charge on any atom is -0.507 e. The lowest BCUT2D eigenvalue weighted by atomic mass is 10.0. The van der Waals surface area contributed by atoms with Gasteiger partial charge < -0.3 is 10.2 Å². The summed E-state index contributed by atoms with van der Waals surface area (Å²) >= 11 is 6.49. The molecule has 0 aliphatic rings. The van der Waals surface area contributed by atoms with Crippen LogP contribution < -0.4 is 5.43 Å². The van der Waals surface area contributed by atoms with Crippen LogP contribution in [0.2, 0.25) is 0 Å². The first-order valence-corrected chi connectivity index (χ1v) is 8.06. The number of hydrogen-bond acceptors (Lipinski definition) is 5. The molecule has 1 aromatic carbocycles. The number of pyridine rings is 1. The van der Waals surface area contributed by atoms with Gasteiger partial charge in [0.05, 0.1) is 16.3 Å². The quantitative estimate of drug-likeness (QED) is 0.501. The number of aromatic nitrogens is 1. The Kier molecular flexibility index (Phi) is 5.38. The van der Waals surface area contributed by atoms with Crippen LogP contribution in [0, 0.1) is 13.8 Å².